The topological polar surface area (TPSA) is 72.2 Å². The predicted octanol–water partition coefficient (Wildman–Crippen LogP) is 2.13. The fourth-order valence-corrected chi connectivity index (χ4v) is 4.04. The Morgan fingerprint density at radius 2 is 1.95 bits per heavy atom. The largest absolute Gasteiger partial charge is 0.328 e. The monoisotopic (exact) mass is 346 g/mol. The maximum absolute atomic E-state index is 12.3. The lowest BCUT2D eigenvalue weighted by molar-refractivity contribution is 0.373. The molecule has 1 saturated carbocycles. The van der Waals surface area contributed by atoms with Gasteiger partial charge in [-0.1, -0.05) is 28.1 Å². The van der Waals surface area contributed by atoms with Gasteiger partial charge < -0.3 is 5.73 Å². The molecular formula is C13H19BrN2O2S. The molecule has 2 rings (SSSR count). The third-order valence-electron chi connectivity index (χ3n) is 3.46. The summed E-state index contributed by atoms with van der Waals surface area (Å²) in [4.78, 5) is 0.333. The molecule has 1 aromatic carbocycles. The molecule has 3 N–H and O–H groups in total. The standard InChI is InChI=1S/C13H19BrN2O2S/c14-9-10-2-1-3-13(8-10)19(17,18)16-12-6-4-11(15)5-7-12/h1-3,8,11-12,16H,4-7,9,15H2. The van der Waals surface area contributed by atoms with Crippen molar-refractivity contribution in [3.8, 4) is 0 Å². The van der Waals surface area contributed by atoms with E-state index >= 15 is 0 Å². The van der Waals surface area contributed by atoms with Crippen LogP contribution in [-0.4, -0.2) is 20.5 Å². The van der Waals surface area contributed by atoms with Gasteiger partial charge in [-0.25, -0.2) is 13.1 Å². The van der Waals surface area contributed by atoms with E-state index in [1.165, 1.54) is 0 Å². The zero-order valence-corrected chi connectivity index (χ0v) is 13.1. The van der Waals surface area contributed by atoms with Crippen molar-refractivity contribution in [2.45, 2.75) is 48.0 Å². The molecule has 1 fully saturated rings. The van der Waals surface area contributed by atoms with Crippen LogP contribution in [0.2, 0.25) is 0 Å². The summed E-state index contributed by atoms with van der Waals surface area (Å²) in [7, 11) is -3.42. The van der Waals surface area contributed by atoms with Gasteiger partial charge in [-0.2, -0.15) is 0 Å². The quantitative estimate of drug-likeness (QED) is 0.820. The number of hydrogen-bond acceptors (Lipinski definition) is 3. The second-order valence-electron chi connectivity index (χ2n) is 5.01. The van der Waals surface area contributed by atoms with Crippen LogP contribution in [0.4, 0.5) is 0 Å². The van der Waals surface area contributed by atoms with Crippen molar-refractivity contribution in [3.63, 3.8) is 0 Å². The molecule has 0 amide bonds. The molecule has 0 atom stereocenters. The number of nitrogens with one attached hydrogen (secondary N) is 1. The summed E-state index contributed by atoms with van der Waals surface area (Å²) in [5.74, 6) is 0. The van der Waals surface area contributed by atoms with Crippen molar-refractivity contribution < 1.29 is 8.42 Å². The lowest BCUT2D eigenvalue weighted by atomic mass is 9.93. The summed E-state index contributed by atoms with van der Waals surface area (Å²) >= 11 is 3.33. The van der Waals surface area contributed by atoms with Gasteiger partial charge in [0, 0.05) is 17.4 Å². The normalized spacial score (nSPS) is 24.3. The van der Waals surface area contributed by atoms with Crippen molar-refractivity contribution >= 4 is 26.0 Å². The molecule has 0 aliphatic heterocycles. The number of rotatable bonds is 4. The number of benzene rings is 1. The fourth-order valence-electron chi connectivity index (χ4n) is 2.32. The van der Waals surface area contributed by atoms with Crippen LogP contribution in [0.15, 0.2) is 29.2 Å². The molecule has 1 aromatic rings. The Morgan fingerprint density at radius 3 is 2.58 bits per heavy atom. The highest BCUT2D eigenvalue weighted by molar-refractivity contribution is 9.08. The van der Waals surface area contributed by atoms with Crippen molar-refractivity contribution in [2.75, 3.05) is 0 Å². The Kier molecular flexibility index (Phi) is 5.00. The van der Waals surface area contributed by atoms with E-state index in [-0.39, 0.29) is 12.1 Å². The average Bonchev–Trinajstić information content (AvgIpc) is 2.41. The highest BCUT2D eigenvalue weighted by Gasteiger charge is 2.24. The lowest BCUT2D eigenvalue weighted by Gasteiger charge is -2.26. The van der Waals surface area contributed by atoms with E-state index in [9.17, 15) is 8.42 Å². The number of sulfonamides is 1. The van der Waals surface area contributed by atoms with Gasteiger partial charge >= 0.3 is 0 Å². The first-order valence-electron chi connectivity index (χ1n) is 6.44. The van der Waals surface area contributed by atoms with Gasteiger partial charge in [0.2, 0.25) is 10.0 Å². The van der Waals surface area contributed by atoms with E-state index in [2.05, 4.69) is 20.7 Å². The predicted molar refractivity (Wildman–Crippen MR) is 79.6 cm³/mol. The fraction of sp³-hybridized carbons (Fsp3) is 0.538. The van der Waals surface area contributed by atoms with Crippen LogP contribution in [0.25, 0.3) is 0 Å². The van der Waals surface area contributed by atoms with Gasteiger partial charge in [-0.15, -0.1) is 0 Å². The molecule has 1 aliphatic carbocycles. The summed E-state index contributed by atoms with van der Waals surface area (Å²) in [5, 5.41) is 0.647. The Hall–Kier alpha value is -0.430. The van der Waals surface area contributed by atoms with E-state index in [1.807, 2.05) is 6.07 Å². The summed E-state index contributed by atoms with van der Waals surface area (Å²) in [6, 6.07) is 7.22. The van der Waals surface area contributed by atoms with Crippen molar-refractivity contribution in [3.05, 3.63) is 29.8 Å². The number of halogens is 1. The van der Waals surface area contributed by atoms with Crippen LogP contribution in [-0.2, 0) is 15.4 Å². The average molecular weight is 347 g/mol. The molecule has 106 valence electrons. The maximum atomic E-state index is 12.3. The minimum atomic E-state index is -3.42. The van der Waals surface area contributed by atoms with Crippen molar-refractivity contribution in [1.82, 2.24) is 4.72 Å². The summed E-state index contributed by atoms with van der Waals surface area (Å²) in [5.41, 5.74) is 6.78. The van der Waals surface area contributed by atoms with Crippen LogP contribution in [0, 0.1) is 0 Å². The third-order valence-corrected chi connectivity index (χ3v) is 5.62. The zero-order chi connectivity index (χ0) is 13.9. The first-order valence-corrected chi connectivity index (χ1v) is 9.04. The van der Waals surface area contributed by atoms with Gasteiger partial charge in [0.05, 0.1) is 4.90 Å². The van der Waals surface area contributed by atoms with Crippen molar-refractivity contribution in [1.29, 1.82) is 0 Å². The lowest BCUT2D eigenvalue weighted by Crippen LogP contribution is -2.40. The number of hydrogen-bond donors (Lipinski definition) is 2. The van der Waals surface area contributed by atoms with E-state index in [4.69, 9.17) is 5.73 Å². The Balaban J connectivity index is 2.09. The molecule has 0 saturated heterocycles. The molecule has 0 spiro atoms. The van der Waals surface area contributed by atoms with Gasteiger partial charge in [-0.05, 0) is 43.4 Å². The van der Waals surface area contributed by atoms with Gasteiger partial charge in [0.25, 0.3) is 0 Å². The number of nitrogens with two attached hydrogens (primary N) is 1. The van der Waals surface area contributed by atoms with E-state index < -0.39 is 10.0 Å². The SMILES string of the molecule is NC1CCC(NS(=O)(=O)c2cccc(CBr)c2)CC1. The third kappa shape index (κ3) is 4.02. The van der Waals surface area contributed by atoms with Gasteiger partial charge in [0.1, 0.15) is 0 Å². The van der Waals surface area contributed by atoms with Crippen LogP contribution in [0.5, 0.6) is 0 Å². The van der Waals surface area contributed by atoms with Crippen LogP contribution in [0.1, 0.15) is 31.2 Å². The Bertz CT molecular complexity index is 525. The molecule has 0 heterocycles. The summed E-state index contributed by atoms with van der Waals surface area (Å²) < 4.78 is 27.4. The molecule has 1 aliphatic rings. The smallest absolute Gasteiger partial charge is 0.240 e. The first-order chi connectivity index (χ1) is 9.01. The Morgan fingerprint density at radius 1 is 1.26 bits per heavy atom. The van der Waals surface area contributed by atoms with E-state index in [1.54, 1.807) is 18.2 Å². The minimum Gasteiger partial charge on any atom is -0.328 e. The molecule has 6 heteroatoms. The van der Waals surface area contributed by atoms with Crippen LogP contribution in [0.3, 0.4) is 0 Å². The van der Waals surface area contributed by atoms with Crippen LogP contribution >= 0.6 is 15.9 Å². The maximum Gasteiger partial charge on any atom is 0.240 e. The minimum absolute atomic E-state index is 0.0115. The molecule has 0 unspecified atom stereocenters. The number of alkyl halides is 1. The molecular weight excluding hydrogens is 328 g/mol. The zero-order valence-electron chi connectivity index (χ0n) is 10.7. The molecule has 19 heavy (non-hydrogen) atoms. The summed E-state index contributed by atoms with van der Waals surface area (Å²) in [6.07, 6.45) is 3.40. The van der Waals surface area contributed by atoms with Gasteiger partial charge in [-0.3, -0.25) is 0 Å². The summed E-state index contributed by atoms with van der Waals surface area (Å²) in [6.45, 7) is 0. The first kappa shape index (κ1) is 15.0. The van der Waals surface area contributed by atoms with Gasteiger partial charge in [0.15, 0.2) is 0 Å². The second-order valence-corrected chi connectivity index (χ2v) is 7.29. The van der Waals surface area contributed by atoms with E-state index in [0.717, 1.165) is 31.2 Å². The molecule has 4 nitrogen and oxygen atoms in total. The molecule has 0 radical (unpaired) electrons. The van der Waals surface area contributed by atoms with E-state index in [0.29, 0.717) is 10.2 Å². The van der Waals surface area contributed by atoms with Crippen LogP contribution < -0.4 is 10.5 Å². The highest BCUT2D eigenvalue weighted by atomic mass is 79.9. The molecule has 0 bridgehead atoms. The molecule has 0 aromatic heterocycles. The highest BCUT2D eigenvalue weighted by Crippen LogP contribution is 2.20. The van der Waals surface area contributed by atoms with Crippen molar-refractivity contribution in [2.24, 2.45) is 5.73 Å². The second kappa shape index (κ2) is 6.35. The Labute approximate surface area is 122 Å².